The van der Waals surface area contributed by atoms with Crippen LogP contribution in [-0.2, 0) is 0 Å². The molecule has 1 N–H and O–H groups in total. The molecule has 1 aromatic carbocycles. The SMILES string of the molecule is CC(=CCN1C(=O)c2ccccc2C1=O)CO. The first kappa shape index (κ1) is 11.5. The third-order valence-electron chi connectivity index (χ3n) is 2.75. The Morgan fingerprint density at radius 2 is 1.76 bits per heavy atom. The minimum Gasteiger partial charge on any atom is -0.392 e. The summed E-state index contributed by atoms with van der Waals surface area (Å²) >= 11 is 0. The first-order valence-electron chi connectivity index (χ1n) is 5.37. The lowest BCUT2D eigenvalue weighted by molar-refractivity contribution is 0.0671. The number of rotatable bonds is 3. The minimum absolute atomic E-state index is 0.0663. The highest BCUT2D eigenvalue weighted by molar-refractivity contribution is 6.21. The summed E-state index contributed by atoms with van der Waals surface area (Å²) in [5.41, 5.74) is 1.64. The van der Waals surface area contributed by atoms with E-state index in [2.05, 4.69) is 0 Å². The van der Waals surface area contributed by atoms with Crippen molar-refractivity contribution in [1.29, 1.82) is 0 Å². The van der Waals surface area contributed by atoms with Gasteiger partial charge in [0.2, 0.25) is 0 Å². The number of carbonyl (C=O) groups excluding carboxylic acids is 2. The van der Waals surface area contributed by atoms with Gasteiger partial charge in [0.05, 0.1) is 17.7 Å². The number of aliphatic hydroxyl groups is 1. The van der Waals surface area contributed by atoms with E-state index in [-0.39, 0.29) is 25.0 Å². The van der Waals surface area contributed by atoms with E-state index in [0.29, 0.717) is 11.1 Å². The molecule has 0 fully saturated rings. The maximum atomic E-state index is 11.9. The summed E-state index contributed by atoms with van der Waals surface area (Å²) in [5, 5.41) is 8.86. The van der Waals surface area contributed by atoms with Crippen molar-refractivity contribution >= 4 is 11.8 Å². The van der Waals surface area contributed by atoms with E-state index in [1.807, 2.05) is 0 Å². The predicted octanol–water partition coefficient (Wildman–Crippen LogP) is 1.22. The third kappa shape index (κ3) is 1.99. The van der Waals surface area contributed by atoms with E-state index in [0.717, 1.165) is 5.57 Å². The van der Waals surface area contributed by atoms with Crippen LogP contribution in [0.1, 0.15) is 27.6 Å². The van der Waals surface area contributed by atoms with Gasteiger partial charge < -0.3 is 5.11 Å². The second kappa shape index (κ2) is 4.51. The van der Waals surface area contributed by atoms with Crippen LogP contribution in [0.25, 0.3) is 0 Å². The molecule has 0 unspecified atom stereocenters. The summed E-state index contributed by atoms with van der Waals surface area (Å²) < 4.78 is 0. The van der Waals surface area contributed by atoms with E-state index in [1.54, 1.807) is 37.3 Å². The first-order valence-corrected chi connectivity index (χ1v) is 5.37. The monoisotopic (exact) mass is 231 g/mol. The fourth-order valence-corrected chi connectivity index (χ4v) is 1.72. The van der Waals surface area contributed by atoms with Gasteiger partial charge in [-0.15, -0.1) is 0 Å². The molecule has 0 atom stereocenters. The molecule has 4 nitrogen and oxygen atoms in total. The number of fused-ring (bicyclic) bond motifs is 1. The van der Waals surface area contributed by atoms with Crippen LogP contribution in [0.4, 0.5) is 0 Å². The fourth-order valence-electron chi connectivity index (χ4n) is 1.72. The Morgan fingerprint density at radius 3 is 2.24 bits per heavy atom. The Bertz CT molecular complexity index is 470. The van der Waals surface area contributed by atoms with Crippen molar-refractivity contribution in [2.24, 2.45) is 0 Å². The van der Waals surface area contributed by atoms with Crippen molar-refractivity contribution in [3.05, 3.63) is 47.0 Å². The zero-order chi connectivity index (χ0) is 12.4. The normalized spacial score (nSPS) is 15.4. The largest absolute Gasteiger partial charge is 0.392 e. The first-order chi connectivity index (χ1) is 8.15. The zero-order valence-electron chi connectivity index (χ0n) is 9.51. The van der Waals surface area contributed by atoms with E-state index < -0.39 is 0 Å². The van der Waals surface area contributed by atoms with Gasteiger partial charge in [-0.3, -0.25) is 14.5 Å². The maximum absolute atomic E-state index is 11.9. The summed E-state index contributed by atoms with van der Waals surface area (Å²) in [5.74, 6) is -0.542. The van der Waals surface area contributed by atoms with Gasteiger partial charge in [0.25, 0.3) is 11.8 Å². The molecule has 1 aliphatic heterocycles. The van der Waals surface area contributed by atoms with E-state index in [1.165, 1.54) is 4.90 Å². The molecule has 0 radical (unpaired) electrons. The molecule has 0 saturated heterocycles. The molecular formula is C13H13NO3. The number of carbonyl (C=O) groups is 2. The highest BCUT2D eigenvalue weighted by Gasteiger charge is 2.34. The van der Waals surface area contributed by atoms with Gasteiger partial charge in [0.15, 0.2) is 0 Å². The van der Waals surface area contributed by atoms with Crippen molar-refractivity contribution in [1.82, 2.24) is 4.90 Å². The summed E-state index contributed by atoms with van der Waals surface area (Å²) in [6, 6.07) is 6.78. The van der Waals surface area contributed by atoms with Crippen LogP contribution < -0.4 is 0 Å². The summed E-state index contributed by atoms with van der Waals surface area (Å²) in [6.45, 7) is 1.89. The highest BCUT2D eigenvalue weighted by atomic mass is 16.3. The second-order valence-corrected chi connectivity index (χ2v) is 3.98. The molecule has 0 aliphatic carbocycles. The number of benzene rings is 1. The van der Waals surface area contributed by atoms with Crippen LogP contribution in [-0.4, -0.2) is 35.0 Å². The van der Waals surface area contributed by atoms with Gasteiger partial charge in [-0.2, -0.15) is 0 Å². The van der Waals surface area contributed by atoms with Crippen LogP contribution in [0.3, 0.4) is 0 Å². The maximum Gasteiger partial charge on any atom is 0.261 e. The van der Waals surface area contributed by atoms with E-state index in [4.69, 9.17) is 5.11 Å². The predicted molar refractivity (Wildman–Crippen MR) is 62.7 cm³/mol. The second-order valence-electron chi connectivity index (χ2n) is 3.98. The van der Waals surface area contributed by atoms with Crippen molar-refractivity contribution in [3.8, 4) is 0 Å². The van der Waals surface area contributed by atoms with Crippen LogP contribution >= 0.6 is 0 Å². The zero-order valence-corrected chi connectivity index (χ0v) is 9.51. The molecule has 1 aromatic rings. The Kier molecular flexibility index (Phi) is 3.06. The van der Waals surface area contributed by atoms with Gasteiger partial charge in [-0.1, -0.05) is 23.8 Å². The number of nitrogens with zero attached hydrogens (tertiary/aromatic N) is 1. The Hall–Kier alpha value is -1.94. The van der Waals surface area contributed by atoms with Crippen molar-refractivity contribution in [2.75, 3.05) is 13.2 Å². The molecule has 0 bridgehead atoms. The molecule has 0 saturated carbocycles. The van der Waals surface area contributed by atoms with Crippen molar-refractivity contribution in [3.63, 3.8) is 0 Å². The Morgan fingerprint density at radius 1 is 1.24 bits per heavy atom. The molecule has 0 aromatic heterocycles. The molecule has 4 heteroatoms. The third-order valence-corrected chi connectivity index (χ3v) is 2.75. The molecular weight excluding hydrogens is 218 g/mol. The summed E-state index contributed by atoms with van der Waals surface area (Å²) in [7, 11) is 0. The Labute approximate surface area is 99.2 Å². The van der Waals surface area contributed by atoms with Gasteiger partial charge in [-0.25, -0.2) is 0 Å². The van der Waals surface area contributed by atoms with Gasteiger partial charge >= 0.3 is 0 Å². The van der Waals surface area contributed by atoms with Gasteiger partial charge in [0.1, 0.15) is 0 Å². The number of imide groups is 1. The molecule has 0 spiro atoms. The standard InChI is InChI=1S/C13H13NO3/c1-9(8-15)6-7-14-12(16)10-4-2-3-5-11(10)13(14)17/h2-6,15H,7-8H2,1H3. The van der Waals surface area contributed by atoms with Crippen LogP contribution in [0.2, 0.25) is 0 Å². The summed E-state index contributed by atoms with van der Waals surface area (Å²) in [6.07, 6.45) is 1.68. The molecule has 2 amide bonds. The number of hydrogen-bond acceptors (Lipinski definition) is 3. The van der Waals surface area contributed by atoms with Gasteiger partial charge in [-0.05, 0) is 19.1 Å². The fraction of sp³-hybridized carbons (Fsp3) is 0.231. The number of aliphatic hydroxyl groups excluding tert-OH is 1. The number of amides is 2. The van der Waals surface area contributed by atoms with Crippen LogP contribution in [0.5, 0.6) is 0 Å². The lowest BCUT2D eigenvalue weighted by Crippen LogP contribution is -2.30. The average Bonchev–Trinajstić information content (AvgIpc) is 2.60. The molecule has 1 heterocycles. The summed E-state index contributed by atoms with van der Waals surface area (Å²) in [4.78, 5) is 25.0. The smallest absolute Gasteiger partial charge is 0.261 e. The van der Waals surface area contributed by atoms with E-state index in [9.17, 15) is 9.59 Å². The molecule has 17 heavy (non-hydrogen) atoms. The van der Waals surface area contributed by atoms with E-state index >= 15 is 0 Å². The van der Waals surface area contributed by atoms with Crippen molar-refractivity contribution in [2.45, 2.75) is 6.92 Å². The Balaban J connectivity index is 2.25. The lowest BCUT2D eigenvalue weighted by atomic mass is 10.1. The topological polar surface area (TPSA) is 57.6 Å². The van der Waals surface area contributed by atoms with Crippen molar-refractivity contribution < 1.29 is 14.7 Å². The highest BCUT2D eigenvalue weighted by Crippen LogP contribution is 2.22. The number of hydrogen-bond donors (Lipinski definition) is 1. The quantitative estimate of drug-likeness (QED) is 0.628. The van der Waals surface area contributed by atoms with Crippen LogP contribution in [0, 0.1) is 0 Å². The average molecular weight is 231 g/mol. The molecule has 1 aliphatic rings. The molecule has 2 rings (SSSR count). The minimum atomic E-state index is -0.271. The van der Waals surface area contributed by atoms with Gasteiger partial charge in [0, 0.05) is 6.54 Å². The lowest BCUT2D eigenvalue weighted by Gasteiger charge is -2.11. The van der Waals surface area contributed by atoms with Crippen LogP contribution in [0.15, 0.2) is 35.9 Å². The molecule has 88 valence electrons.